The molecule has 164 valence electrons. The standard InChI is InChI=1S/C34H22S/c1-2-8-26-21-27(18-15-23(26)7-1)24-13-16-25(17-14-24)32-19-20-33(35-32)34-30-11-5-3-9-28(30)22-29-10-4-6-12-31(29)34/h1-22H. The van der Waals surface area contributed by atoms with Crippen molar-refractivity contribution in [1.29, 1.82) is 0 Å². The third-order valence-corrected chi connectivity index (χ3v) is 8.03. The normalized spacial score (nSPS) is 11.4. The van der Waals surface area contributed by atoms with Crippen LogP contribution in [-0.4, -0.2) is 0 Å². The van der Waals surface area contributed by atoms with Crippen LogP contribution >= 0.6 is 11.3 Å². The highest BCUT2D eigenvalue weighted by atomic mass is 32.1. The van der Waals surface area contributed by atoms with E-state index in [1.165, 1.54) is 64.3 Å². The third kappa shape index (κ3) is 3.53. The molecule has 1 heteroatoms. The van der Waals surface area contributed by atoms with Crippen LogP contribution in [0.25, 0.3) is 64.3 Å². The van der Waals surface area contributed by atoms with Crippen molar-refractivity contribution < 1.29 is 0 Å². The van der Waals surface area contributed by atoms with Crippen LogP contribution in [0.15, 0.2) is 133 Å². The summed E-state index contributed by atoms with van der Waals surface area (Å²) in [4.78, 5) is 2.61. The molecule has 0 N–H and O–H groups in total. The molecule has 7 rings (SSSR count). The monoisotopic (exact) mass is 462 g/mol. The summed E-state index contributed by atoms with van der Waals surface area (Å²) in [7, 11) is 0. The Morgan fingerprint density at radius 3 is 1.60 bits per heavy atom. The van der Waals surface area contributed by atoms with Gasteiger partial charge in [-0.2, -0.15) is 0 Å². The van der Waals surface area contributed by atoms with Gasteiger partial charge in [0.2, 0.25) is 0 Å². The van der Waals surface area contributed by atoms with Crippen LogP contribution in [0.3, 0.4) is 0 Å². The smallest absolute Gasteiger partial charge is 0.0361 e. The van der Waals surface area contributed by atoms with E-state index in [2.05, 4.69) is 133 Å². The van der Waals surface area contributed by atoms with Gasteiger partial charge in [-0.3, -0.25) is 0 Å². The maximum absolute atomic E-state index is 2.30. The number of thiophene rings is 1. The van der Waals surface area contributed by atoms with Gasteiger partial charge in [-0.15, -0.1) is 11.3 Å². The third-order valence-electron chi connectivity index (χ3n) is 6.88. The first kappa shape index (κ1) is 20.2. The lowest BCUT2D eigenvalue weighted by atomic mass is 9.96. The van der Waals surface area contributed by atoms with Crippen molar-refractivity contribution in [3.63, 3.8) is 0 Å². The predicted molar refractivity (Wildman–Crippen MR) is 153 cm³/mol. The van der Waals surface area contributed by atoms with Gasteiger partial charge < -0.3 is 0 Å². The molecule has 0 fully saturated rings. The van der Waals surface area contributed by atoms with Crippen molar-refractivity contribution >= 4 is 43.7 Å². The SMILES string of the molecule is c1ccc2cc(-c3ccc(-c4ccc(-c5c6ccccc6cc6ccccc56)s4)cc3)ccc2c1. The van der Waals surface area contributed by atoms with Gasteiger partial charge in [0, 0.05) is 15.3 Å². The van der Waals surface area contributed by atoms with E-state index >= 15 is 0 Å². The molecule has 6 aromatic carbocycles. The minimum atomic E-state index is 1.25. The van der Waals surface area contributed by atoms with Gasteiger partial charge in [0.15, 0.2) is 0 Å². The van der Waals surface area contributed by atoms with Crippen LogP contribution in [-0.2, 0) is 0 Å². The van der Waals surface area contributed by atoms with Gasteiger partial charge in [-0.1, -0.05) is 109 Å². The minimum Gasteiger partial charge on any atom is -0.135 e. The predicted octanol–water partition coefficient (Wildman–Crippen LogP) is 10.2. The fraction of sp³-hybridized carbons (Fsp3) is 0. The van der Waals surface area contributed by atoms with E-state index in [9.17, 15) is 0 Å². The summed E-state index contributed by atoms with van der Waals surface area (Å²) in [6.45, 7) is 0. The molecular weight excluding hydrogens is 440 g/mol. The van der Waals surface area contributed by atoms with E-state index in [-0.39, 0.29) is 0 Å². The van der Waals surface area contributed by atoms with Crippen molar-refractivity contribution in [1.82, 2.24) is 0 Å². The summed E-state index contributed by atoms with van der Waals surface area (Å²) < 4.78 is 0. The molecule has 0 radical (unpaired) electrons. The van der Waals surface area contributed by atoms with Gasteiger partial charge in [0.05, 0.1) is 0 Å². The molecule has 0 unspecified atom stereocenters. The number of rotatable bonds is 3. The Kier molecular flexibility index (Phi) is 4.75. The zero-order valence-electron chi connectivity index (χ0n) is 19.1. The number of hydrogen-bond acceptors (Lipinski definition) is 1. The van der Waals surface area contributed by atoms with Crippen molar-refractivity contribution in [2.45, 2.75) is 0 Å². The molecule has 0 saturated carbocycles. The largest absolute Gasteiger partial charge is 0.135 e. The van der Waals surface area contributed by atoms with E-state index in [1.54, 1.807) is 0 Å². The van der Waals surface area contributed by atoms with Crippen LogP contribution < -0.4 is 0 Å². The molecule has 0 bridgehead atoms. The minimum absolute atomic E-state index is 1.25. The molecule has 0 nitrogen and oxygen atoms in total. The first-order chi connectivity index (χ1) is 17.3. The highest BCUT2D eigenvalue weighted by Crippen LogP contribution is 2.42. The Bertz CT molecular complexity index is 1780. The highest BCUT2D eigenvalue weighted by molar-refractivity contribution is 7.19. The maximum atomic E-state index is 2.30. The Hall–Kier alpha value is -4.20. The lowest BCUT2D eigenvalue weighted by Gasteiger charge is -2.10. The molecule has 7 aromatic rings. The first-order valence-electron chi connectivity index (χ1n) is 11.9. The number of fused-ring (bicyclic) bond motifs is 3. The molecule has 0 spiro atoms. The van der Waals surface area contributed by atoms with E-state index in [0.29, 0.717) is 0 Å². The van der Waals surface area contributed by atoms with Crippen molar-refractivity contribution in [2.75, 3.05) is 0 Å². The van der Waals surface area contributed by atoms with Crippen LogP contribution in [0.5, 0.6) is 0 Å². The molecule has 1 aromatic heterocycles. The van der Waals surface area contributed by atoms with Gasteiger partial charge in [-0.05, 0) is 73.3 Å². The topological polar surface area (TPSA) is 0 Å². The molecule has 0 saturated heterocycles. The van der Waals surface area contributed by atoms with Crippen molar-refractivity contribution in [2.24, 2.45) is 0 Å². The quantitative estimate of drug-likeness (QED) is 0.229. The number of benzene rings is 6. The van der Waals surface area contributed by atoms with E-state index < -0.39 is 0 Å². The lowest BCUT2D eigenvalue weighted by Crippen LogP contribution is -1.82. The highest BCUT2D eigenvalue weighted by Gasteiger charge is 2.13. The molecule has 1 heterocycles. The number of hydrogen-bond donors (Lipinski definition) is 0. The van der Waals surface area contributed by atoms with Gasteiger partial charge in [-0.25, -0.2) is 0 Å². The van der Waals surface area contributed by atoms with Crippen molar-refractivity contribution in [3.8, 4) is 32.0 Å². The molecular formula is C34H22S. The van der Waals surface area contributed by atoms with Crippen LogP contribution in [0.2, 0.25) is 0 Å². The second-order valence-electron chi connectivity index (χ2n) is 9.00. The summed E-state index contributed by atoms with van der Waals surface area (Å²) in [6, 6.07) is 48.5. The Morgan fingerprint density at radius 2 is 0.886 bits per heavy atom. The average Bonchev–Trinajstić information content (AvgIpc) is 3.41. The fourth-order valence-corrected chi connectivity index (χ4v) is 6.19. The summed E-state index contributed by atoms with van der Waals surface area (Å²) in [5, 5.41) is 7.75. The first-order valence-corrected chi connectivity index (χ1v) is 12.8. The lowest BCUT2D eigenvalue weighted by molar-refractivity contribution is 1.64. The molecule has 0 atom stereocenters. The maximum Gasteiger partial charge on any atom is 0.0361 e. The van der Waals surface area contributed by atoms with E-state index in [4.69, 9.17) is 0 Å². The van der Waals surface area contributed by atoms with Crippen LogP contribution in [0, 0.1) is 0 Å². The van der Waals surface area contributed by atoms with Crippen LogP contribution in [0.1, 0.15) is 0 Å². The second kappa shape index (κ2) is 8.23. The summed E-state index contributed by atoms with van der Waals surface area (Å²) in [6.07, 6.45) is 0. The summed E-state index contributed by atoms with van der Waals surface area (Å²) in [5.41, 5.74) is 5.10. The van der Waals surface area contributed by atoms with E-state index in [1.807, 2.05) is 11.3 Å². The zero-order chi connectivity index (χ0) is 23.2. The summed E-state index contributed by atoms with van der Waals surface area (Å²) >= 11 is 1.87. The molecule has 0 aliphatic rings. The molecule has 35 heavy (non-hydrogen) atoms. The Balaban J connectivity index is 1.29. The molecule has 0 aliphatic carbocycles. The van der Waals surface area contributed by atoms with Crippen LogP contribution in [0.4, 0.5) is 0 Å². The Labute approximate surface area is 208 Å². The molecule has 0 aliphatic heterocycles. The second-order valence-corrected chi connectivity index (χ2v) is 10.1. The Morgan fingerprint density at radius 1 is 0.343 bits per heavy atom. The van der Waals surface area contributed by atoms with Gasteiger partial charge in [0.25, 0.3) is 0 Å². The van der Waals surface area contributed by atoms with Crippen molar-refractivity contribution in [3.05, 3.63) is 133 Å². The fourth-order valence-electron chi connectivity index (χ4n) is 5.10. The zero-order valence-corrected chi connectivity index (χ0v) is 19.9. The average molecular weight is 463 g/mol. The molecule has 0 amide bonds. The van der Waals surface area contributed by atoms with Gasteiger partial charge >= 0.3 is 0 Å². The van der Waals surface area contributed by atoms with Gasteiger partial charge in [0.1, 0.15) is 0 Å². The summed E-state index contributed by atoms with van der Waals surface area (Å²) in [5.74, 6) is 0. The van der Waals surface area contributed by atoms with E-state index in [0.717, 1.165) is 0 Å².